The lowest BCUT2D eigenvalue weighted by Crippen LogP contribution is -1.99. The molecule has 0 aliphatic rings. The van der Waals surface area contributed by atoms with Gasteiger partial charge in [0, 0.05) is 23.4 Å². The van der Waals surface area contributed by atoms with E-state index in [0.29, 0.717) is 32.5 Å². The summed E-state index contributed by atoms with van der Waals surface area (Å²) in [4.78, 5) is 5.44. The van der Waals surface area contributed by atoms with Gasteiger partial charge in [0.25, 0.3) is 0 Å². The third-order valence-electron chi connectivity index (χ3n) is 4.48. The van der Waals surface area contributed by atoms with E-state index in [1.54, 1.807) is 48.5 Å². The van der Waals surface area contributed by atoms with Gasteiger partial charge in [-0.1, -0.05) is 24.3 Å². The minimum Gasteiger partial charge on any atom is -0.486 e. The Balaban J connectivity index is 1.79. The lowest BCUT2D eigenvalue weighted by molar-refractivity contribution is 0.304. The van der Waals surface area contributed by atoms with Gasteiger partial charge in [0.15, 0.2) is 9.84 Å². The molecule has 0 saturated heterocycles. The van der Waals surface area contributed by atoms with Crippen LogP contribution in [0.3, 0.4) is 0 Å². The second-order valence-corrected chi connectivity index (χ2v) is 9.87. The second kappa shape index (κ2) is 8.56. The van der Waals surface area contributed by atoms with E-state index in [-0.39, 0.29) is 17.3 Å². The molecule has 0 aliphatic heterocycles. The van der Waals surface area contributed by atoms with Crippen LogP contribution in [0.25, 0.3) is 21.7 Å². The van der Waals surface area contributed by atoms with Gasteiger partial charge in [-0.05, 0) is 42.5 Å². The molecular weight excluding hydrogens is 440 g/mol. The third kappa shape index (κ3) is 4.81. The standard InChI is InChI=1S/C23H17F2NO3S2/c1-31(27,28)20-8-3-2-7-19(20)23-22(15-9-11-16(24)12-10-15)26-21(30-23)14-29-18-6-4-5-17(25)13-18/h2-13H,14H2,1H3. The van der Waals surface area contributed by atoms with Crippen molar-refractivity contribution in [3.05, 3.63) is 89.4 Å². The molecule has 31 heavy (non-hydrogen) atoms. The smallest absolute Gasteiger partial charge is 0.176 e. The van der Waals surface area contributed by atoms with Gasteiger partial charge in [-0.2, -0.15) is 0 Å². The zero-order chi connectivity index (χ0) is 22.0. The fraction of sp³-hybridized carbons (Fsp3) is 0.0870. The summed E-state index contributed by atoms with van der Waals surface area (Å²) in [6, 6.07) is 18.3. The van der Waals surface area contributed by atoms with Gasteiger partial charge in [-0.15, -0.1) is 11.3 Å². The number of halogens is 2. The van der Waals surface area contributed by atoms with Crippen molar-refractivity contribution in [2.24, 2.45) is 0 Å². The van der Waals surface area contributed by atoms with Gasteiger partial charge >= 0.3 is 0 Å². The average Bonchev–Trinajstić information content (AvgIpc) is 3.16. The van der Waals surface area contributed by atoms with Crippen molar-refractivity contribution in [1.82, 2.24) is 4.98 Å². The quantitative estimate of drug-likeness (QED) is 0.371. The predicted molar refractivity (Wildman–Crippen MR) is 117 cm³/mol. The van der Waals surface area contributed by atoms with E-state index in [0.717, 1.165) is 6.26 Å². The molecule has 0 bridgehead atoms. The van der Waals surface area contributed by atoms with Crippen LogP contribution in [-0.2, 0) is 16.4 Å². The minimum absolute atomic E-state index is 0.0728. The molecule has 3 aromatic carbocycles. The Morgan fingerprint density at radius 2 is 1.68 bits per heavy atom. The topological polar surface area (TPSA) is 56.3 Å². The van der Waals surface area contributed by atoms with Crippen LogP contribution in [-0.4, -0.2) is 19.7 Å². The monoisotopic (exact) mass is 457 g/mol. The molecule has 1 aromatic heterocycles. The van der Waals surface area contributed by atoms with Crippen molar-refractivity contribution in [3.8, 4) is 27.4 Å². The molecular formula is C23H17F2NO3S2. The Morgan fingerprint density at radius 1 is 0.935 bits per heavy atom. The summed E-state index contributed by atoms with van der Waals surface area (Å²) in [7, 11) is -3.49. The van der Waals surface area contributed by atoms with Crippen LogP contribution in [0.2, 0.25) is 0 Å². The van der Waals surface area contributed by atoms with Crippen LogP contribution in [0.1, 0.15) is 5.01 Å². The molecule has 0 atom stereocenters. The van der Waals surface area contributed by atoms with Crippen LogP contribution >= 0.6 is 11.3 Å². The molecule has 0 amide bonds. The molecule has 4 rings (SSSR count). The lowest BCUT2D eigenvalue weighted by atomic mass is 10.1. The summed E-state index contributed by atoms with van der Waals surface area (Å²) in [5.74, 6) is -0.435. The van der Waals surface area contributed by atoms with Crippen molar-refractivity contribution in [1.29, 1.82) is 0 Å². The Bertz CT molecular complexity index is 1330. The zero-order valence-corrected chi connectivity index (χ0v) is 18.0. The molecule has 158 valence electrons. The first kappa shape index (κ1) is 21.1. The number of thiazole rings is 1. The molecule has 0 fully saturated rings. The van der Waals surface area contributed by atoms with Crippen molar-refractivity contribution in [3.63, 3.8) is 0 Å². The average molecular weight is 458 g/mol. The second-order valence-electron chi connectivity index (χ2n) is 6.81. The van der Waals surface area contributed by atoms with Gasteiger partial charge in [-0.25, -0.2) is 22.2 Å². The van der Waals surface area contributed by atoms with Crippen LogP contribution < -0.4 is 4.74 Å². The maximum absolute atomic E-state index is 13.4. The van der Waals surface area contributed by atoms with E-state index < -0.39 is 15.7 Å². The highest BCUT2D eigenvalue weighted by atomic mass is 32.2. The van der Waals surface area contributed by atoms with E-state index in [1.165, 1.54) is 35.6 Å². The number of nitrogens with zero attached hydrogens (tertiary/aromatic N) is 1. The third-order valence-corrected chi connectivity index (χ3v) is 6.70. The normalized spacial score (nSPS) is 11.5. The molecule has 0 aliphatic carbocycles. The summed E-state index contributed by atoms with van der Waals surface area (Å²) in [6.07, 6.45) is 1.15. The molecule has 0 N–H and O–H groups in total. The number of ether oxygens (including phenoxy) is 1. The Kier molecular flexibility index (Phi) is 5.84. The van der Waals surface area contributed by atoms with Crippen LogP contribution in [0.4, 0.5) is 8.78 Å². The molecule has 0 unspecified atom stereocenters. The first-order valence-corrected chi connectivity index (χ1v) is 12.0. The molecule has 8 heteroatoms. The number of aromatic nitrogens is 1. The Morgan fingerprint density at radius 3 is 2.39 bits per heavy atom. The SMILES string of the molecule is CS(=O)(=O)c1ccccc1-c1sc(COc2cccc(F)c2)nc1-c1ccc(F)cc1. The first-order chi connectivity index (χ1) is 14.8. The molecule has 4 nitrogen and oxygen atoms in total. The lowest BCUT2D eigenvalue weighted by Gasteiger charge is -2.08. The van der Waals surface area contributed by atoms with Crippen LogP contribution in [0.15, 0.2) is 77.7 Å². The van der Waals surface area contributed by atoms with Gasteiger partial charge in [0.1, 0.15) is 29.0 Å². The number of hydrogen-bond acceptors (Lipinski definition) is 5. The number of benzene rings is 3. The maximum Gasteiger partial charge on any atom is 0.176 e. The highest BCUT2D eigenvalue weighted by Crippen LogP contribution is 2.40. The number of hydrogen-bond donors (Lipinski definition) is 0. The van der Waals surface area contributed by atoms with Crippen molar-refractivity contribution < 1.29 is 21.9 Å². The van der Waals surface area contributed by atoms with E-state index >= 15 is 0 Å². The summed E-state index contributed by atoms with van der Waals surface area (Å²) in [5.41, 5.74) is 1.69. The highest BCUT2D eigenvalue weighted by Gasteiger charge is 2.21. The van der Waals surface area contributed by atoms with Gasteiger partial charge in [0.05, 0.1) is 15.5 Å². The van der Waals surface area contributed by atoms with E-state index in [4.69, 9.17) is 4.74 Å². The van der Waals surface area contributed by atoms with Crippen molar-refractivity contribution in [2.75, 3.05) is 6.26 Å². The van der Waals surface area contributed by atoms with Gasteiger partial charge in [0.2, 0.25) is 0 Å². The summed E-state index contributed by atoms with van der Waals surface area (Å²) >= 11 is 1.28. The Hall–Kier alpha value is -3.10. The summed E-state index contributed by atoms with van der Waals surface area (Å²) in [6.45, 7) is 0.0728. The van der Waals surface area contributed by atoms with E-state index in [9.17, 15) is 17.2 Å². The molecule has 4 aromatic rings. The molecule has 1 heterocycles. The minimum atomic E-state index is -3.49. The fourth-order valence-corrected chi connectivity index (χ4v) is 5.09. The predicted octanol–water partition coefficient (Wildman–Crippen LogP) is 5.74. The van der Waals surface area contributed by atoms with Gasteiger partial charge in [-0.3, -0.25) is 0 Å². The summed E-state index contributed by atoms with van der Waals surface area (Å²) in [5, 5.41) is 0.571. The largest absolute Gasteiger partial charge is 0.486 e. The first-order valence-electron chi connectivity index (χ1n) is 9.25. The highest BCUT2D eigenvalue weighted by molar-refractivity contribution is 7.90. The molecule has 0 saturated carbocycles. The van der Waals surface area contributed by atoms with Gasteiger partial charge < -0.3 is 4.74 Å². The van der Waals surface area contributed by atoms with E-state index in [2.05, 4.69) is 4.98 Å². The van der Waals surface area contributed by atoms with Crippen LogP contribution in [0, 0.1) is 11.6 Å². The zero-order valence-electron chi connectivity index (χ0n) is 16.4. The maximum atomic E-state index is 13.4. The van der Waals surface area contributed by atoms with Crippen LogP contribution in [0.5, 0.6) is 5.75 Å². The summed E-state index contributed by atoms with van der Waals surface area (Å²) < 4.78 is 57.2. The number of rotatable bonds is 6. The van der Waals surface area contributed by atoms with Crippen molar-refractivity contribution >= 4 is 21.2 Å². The Labute approximate surface area is 182 Å². The van der Waals surface area contributed by atoms with Crippen molar-refractivity contribution in [2.45, 2.75) is 11.5 Å². The molecule has 0 spiro atoms. The molecule has 0 radical (unpaired) electrons. The number of sulfone groups is 1. The fourth-order valence-electron chi connectivity index (χ4n) is 3.09. The van der Waals surface area contributed by atoms with E-state index in [1.807, 2.05) is 0 Å².